The highest BCUT2D eigenvalue weighted by atomic mass is 35.5. The fourth-order valence-corrected chi connectivity index (χ4v) is 3.93. The van der Waals surface area contributed by atoms with E-state index in [1.807, 2.05) is 12.1 Å². The van der Waals surface area contributed by atoms with E-state index >= 15 is 0 Å². The third-order valence-electron chi connectivity index (χ3n) is 4.20. The van der Waals surface area contributed by atoms with Crippen molar-refractivity contribution < 1.29 is 9.47 Å². The number of nitrogens with zero attached hydrogens (tertiary/aromatic N) is 2. The zero-order valence-electron chi connectivity index (χ0n) is 13.3. The highest BCUT2D eigenvalue weighted by Crippen LogP contribution is 2.34. The number of aliphatic imine (C=N–C) groups is 1. The van der Waals surface area contributed by atoms with Gasteiger partial charge in [0.05, 0.1) is 19.9 Å². The first kappa shape index (κ1) is 18.1. The Balaban J connectivity index is 0.00000169. The second kappa shape index (κ2) is 8.15. The van der Waals surface area contributed by atoms with Crippen LogP contribution in [0.25, 0.3) is 0 Å². The molecule has 1 aromatic rings. The second-order valence-electron chi connectivity index (χ2n) is 6.19. The third-order valence-corrected chi connectivity index (χ3v) is 5.42. The molecular formula is C16H21Cl2N3O2S. The Kier molecular flexibility index (Phi) is 6.16. The molecule has 3 aliphatic rings. The predicted octanol–water partition coefficient (Wildman–Crippen LogP) is 3.45. The molecular weight excluding hydrogens is 369 g/mol. The summed E-state index contributed by atoms with van der Waals surface area (Å²) in [5, 5.41) is 5.13. The van der Waals surface area contributed by atoms with Crippen molar-refractivity contribution in [3.63, 3.8) is 0 Å². The zero-order valence-corrected chi connectivity index (χ0v) is 15.7. The van der Waals surface area contributed by atoms with E-state index in [-0.39, 0.29) is 12.4 Å². The molecule has 1 saturated carbocycles. The quantitative estimate of drug-likeness (QED) is 0.854. The lowest BCUT2D eigenvalue weighted by molar-refractivity contribution is -0.0168. The van der Waals surface area contributed by atoms with Crippen LogP contribution in [0.3, 0.4) is 0 Å². The van der Waals surface area contributed by atoms with E-state index in [0.717, 1.165) is 52.1 Å². The van der Waals surface area contributed by atoms with Crippen molar-refractivity contribution in [2.75, 3.05) is 26.7 Å². The zero-order chi connectivity index (χ0) is 15.6. The van der Waals surface area contributed by atoms with Crippen LogP contribution in [0, 0.1) is 5.92 Å². The lowest BCUT2D eigenvalue weighted by Gasteiger charge is -2.26. The van der Waals surface area contributed by atoms with Crippen LogP contribution >= 0.6 is 35.8 Å². The Hall–Kier alpha value is -0.660. The number of hydrogen-bond donors (Lipinski definition) is 1. The minimum atomic E-state index is 0. The summed E-state index contributed by atoms with van der Waals surface area (Å²) in [4.78, 5) is 7.00. The van der Waals surface area contributed by atoms with Crippen molar-refractivity contribution >= 4 is 40.9 Å². The molecule has 0 unspecified atom stereocenters. The largest absolute Gasteiger partial charge is 0.467 e. The number of ether oxygens (including phenoxy) is 2. The number of nitrogens with one attached hydrogen (secondary N) is 1. The number of halogens is 2. The molecule has 0 spiro atoms. The van der Waals surface area contributed by atoms with Crippen LogP contribution in [0.5, 0.6) is 5.75 Å². The minimum absolute atomic E-state index is 0. The molecule has 0 amide bonds. The highest BCUT2D eigenvalue weighted by molar-refractivity contribution is 8.13. The molecule has 0 aromatic heterocycles. The molecule has 8 heteroatoms. The van der Waals surface area contributed by atoms with Gasteiger partial charge in [0.25, 0.3) is 0 Å². The van der Waals surface area contributed by atoms with Gasteiger partial charge in [-0.1, -0.05) is 23.4 Å². The molecule has 0 atom stereocenters. The van der Waals surface area contributed by atoms with Gasteiger partial charge >= 0.3 is 0 Å². The maximum Gasteiger partial charge on any atom is 0.189 e. The van der Waals surface area contributed by atoms with E-state index in [9.17, 15) is 0 Å². The van der Waals surface area contributed by atoms with E-state index in [0.29, 0.717) is 13.4 Å². The molecule has 0 bridgehead atoms. The van der Waals surface area contributed by atoms with Crippen LogP contribution in [0.4, 0.5) is 0 Å². The van der Waals surface area contributed by atoms with Crippen LogP contribution in [-0.4, -0.2) is 36.7 Å². The SMILES string of the molecule is Cl.Clc1cc2c(c(CSC3=NCN(CC4CC4)CN3)c1)OCOC2. The average Bonchev–Trinajstić information content (AvgIpc) is 3.38. The lowest BCUT2D eigenvalue weighted by atomic mass is 10.1. The van der Waals surface area contributed by atoms with Gasteiger partial charge in [0.2, 0.25) is 0 Å². The molecule has 1 N–H and O–H groups in total. The number of rotatable bonds is 4. The molecule has 24 heavy (non-hydrogen) atoms. The van der Waals surface area contributed by atoms with Crippen molar-refractivity contribution in [3.8, 4) is 5.75 Å². The second-order valence-corrected chi connectivity index (χ2v) is 7.59. The van der Waals surface area contributed by atoms with Gasteiger partial charge in [0.1, 0.15) is 5.75 Å². The Bertz CT molecular complexity index is 626. The number of hydrogen-bond acceptors (Lipinski definition) is 6. The standard InChI is InChI=1S/C16H20ClN3O2S.ClH/c17-14-3-12-6-21-10-22-15(12)13(4-14)7-23-16-18-8-20(9-19-16)5-11-1-2-11;/h3-4,11H,1-2,5-10H2,(H,18,19);1H. The highest BCUT2D eigenvalue weighted by Gasteiger charge is 2.25. The number of fused-ring (bicyclic) bond motifs is 1. The van der Waals surface area contributed by atoms with E-state index in [4.69, 9.17) is 21.1 Å². The maximum absolute atomic E-state index is 6.20. The monoisotopic (exact) mass is 389 g/mol. The number of thioether (sulfide) groups is 1. The number of benzene rings is 1. The normalized spacial score (nSPS) is 20.3. The minimum Gasteiger partial charge on any atom is -0.467 e. The van der Waals surface area contributed by atoms with Crippen molar-refractivity contribution in [1.29, 1.82) is 0 Å². The van der Waals surface area contributed by atoms with Gasteiger partial charge in [-0.15, -0.1) is 12.4 Å². The smallest absolute Gasteiger partial charge is 0.189 e. The molecule has 1 fully saturated rings. The van der Waals surface area contributed by atoms with Crippen LogP contribution in [0.2, 0.25) is 5.02 Å². The summed E-state index contributed by atoms with van der Waals surface area (Å²) >= 11 is 7.91. The van der Waals surface area contributed by atoms with Gasteiger partial charge in [-0.25, -0.2) is 4.99 Å². The summed E-state index contributed by atoms with van der Waals surface area (Å²) in [5.74, 6) is 2.61. The summed E-state index contributed by atoms with van der Waals surface area (Å²) in [6.45, 7) is 3.72. The van der Waals surface area contributed by atoms with Gasteiger partial charge in [-0.2, -0.15) is 0 Å². The molecule has 2 aliphatic heterocycles. The van der Waals surface area contributed by atoms with Gasteiger partial charge < -0.3 is 14.8 Å². The molecule has 0 saturated heterocycles. The summed E-state index contributed by atoms with van der Waals surface area (Å²) in [5.41, 5.74) is 2.12. The van der Waals surface area contributed by atoms with Gasteiger partial charge in [0.15, 0.2) is 12.0 Å². The molecule has 2 heterocycles. The first-order valence-corrected chi connectivity index (χ1v) is 9.29. The molecule has 4 rings (SSSR count). The summed E-state index contributed by atoms with van der Waals surface area (Å²) in [6.07, 6.45) is 2.76. The Labute approximate surface area is 157 Å². The van der Waals surface area contributed by atoms with Crippen molar-refractivity contribution in [3.05, 3.63) is 28.3 Å². The fraction of sp³-hybridized carbons (Fsp3) is 0.562. The van der Waals surface area contributed by atoms with E-state index in [2.05, 4.69) is 15.2 Å². The summed E-state index contributed by atoms with van der Waals surface area (Å²) < 4.78 is 11.0. The number of amidine groups is 1. The molecule has 1 aromatic carbocycles. The van der Waals surface area contributed by atoms with E-state index in [1.54, 1.807) is 11.8 Å². The molecule has 132 valence electrons. The van der Waals surface area contributed by atoms with Crippen LogP contribution in [-0.2, 0) is 17.1 Å². The van der Waals surface area contributed by atoms with E-state index < -0.39 is 0 Å². The summed E-state index contributed by atoms with van der Waals surface area (Å²) in [7, 11) is 0. The van der Waals surface area contributed by atoms with Crippen LogP contribution < -0.4 is 10.1 Å². The van der Waals surface area contributed by atoms with E-state index in [1.165, 1.54) is 19.4 Å². The van der Waals surface area contributed by atoms with Crippen LogP contribution in [0.1, 0.15) is 24.0 Å². The lowest BCUT2D eigenvalue weighted by Crippen LogP contribution is -2.42. The van der Waals surface area contributed by atoms with Gasteiger partial charge in [0, 0.05) is 28.4 Å². The molecule has 1 aliphatic carbocycles. The third kappa shape index (κ3) is 4.49. The van der Waals surface area contributed by atoms with Crippen molar-refractivity contribution in [2.24, 2.45) is 10.9 Å². The first-order valence-electron chi connectivity index (χ1n) is 7.93. The summed E-state index contributed by atoms with van der Waals surface area (Å²) in [6, 6.07) is 3.89. The van der Waals surface area contributed by atoms with Crippen molar-refractivity contribution in [2.45, 2.75) is 25.2 Å². The average molecular weight is 390 g/mol. The molecule has 5 nitrogen and oxygen atoms in total. The topological polar surface area (TPSA) is 46.1 Å². The van der Waals surface area contributed by atoms with Crippen molar-refractivity contribution in [1.82, 2.24) is 10.2 Å². The Morgan fingerprint density at radius 2 is 2.25 bits per heavy atom. The Morgan fingerprint density at radius 3 is 3.00 bits per heavy atom. The van der Waals surface area contributed by atoms with Crippen LogP contribution in [0.15, 0.2) is 17.1 Å². The maximum atomic E-state index is 6.20. The fourth-order valence-electron chi connectivity index (χ4n) is 2.84. The first-order chi connectivity index (χ1) is 11.3. The Morgan fingerprint density at radius 1 is 1.38 bits per heavy atom. The van der Waals surface area contributed by atoms with Gasteiger partial charge in [-0.3, -0.25) is 4.90 Å². The van der Waals surface area contributed by atoms with Gasteiger partial charge in [-0.05, 0) is 30.9 Å². The predicted molar refractivity (Wildman–Crippen MR) is 100 cm³/mol. The molecule has 0 radical (unpaired) electrons.